The highest BCUT2D eigenvalue weighted by atomic mass is 16.5. The third-order valence-electron chi connectivity index (χ3n) is 3.99. The van der Waals surface area contributed by atoms with Crippen molar-refractivity contribution in [2.45, 2.75) is 31.5 Å². The van der Waals surface area contributed by atoms with Crippen molar-refractivity contribution in [1.82, 2.24) is 14.8 Å². The van der Waals surface area contributed by atoms with Gasteiger partial charge in [0, 0.05) is 38.4 Å². The van der Waals surface area contributed by atoms with E-state index in [2.05, 4.69) is 10.2 Å². The van der Waals surface area contributed by atoms with Crippen molar-refractivity contribution >= 4 is 5.91 Å². The van der Waals surface area contributed by atoms with Gasteiger partial charge in [-0.25, -0.2) is 0 Å². The Hall–Kier alpha value is -1.70. The van der Waals surface area contributed by atoms with Gasteiger partial charge in [-0.15, -0.1) is 0 Å². The zero-order valence-electron chi connectivity index (χ0n) is 14.4. The van der Waals surface area contributed by atoms with Crippen molar-refractivity contribution in [3.8, 4) is 0 Å². The van der Waals surface area contributed by atoms with Crippen molar-refractivity contribution in [2.24, 2.45) is 0 Å². The number of nitrogens with one attached hydrogen (secondary N) is 1. The molecular weight excluding hydrogens is 310 g/mol. The molecule has 1 saturated heterocycles. The second-order valence-corrected chi connectivity index (χ2v) is 6.23. The van der Waals surface area contributed by atoms with E-state index in [1.54, 1.807) is 18.3 Å². The Balaban J connectivity index is 1.79. The summed E-state index contributed by atoms with van der Waals surface area (Å²) >= 11 is 0. The maximum absolute atomic E-state index is 12.2. The zero-order chi connectivity index (χ0) is 17.4. The van der Waals surface area contributed by atoms with E-state index in [0.29, 0.717) is 26.4 Å². The van der Waals surface area contributed by atoms with Crippen LogP contribution in [-0.4, -0.2) is 68.0 Å². The number of aryl methyl sites for hydroxylation is 1. The van der Waals surface area contributed by atoms with E-state index in [1.165, 1.54) is 10.6 Å². The molecule has 0 aromatic carbocycles. The predicted octanol–water partition coefficient (Wildman–Crippen LogP) is 0.0903. The molecule has 0 bridgehead atoms. The van der Waals surface area contributed by atoms with E-state index in [9.17, 15) is 9.59 Å². The molecule has 1 aliphatic rings. The Kier molecular flexibility index (Phi) is 7.42. The lowest BCUT2D eigenvalue weighted by molar-refractivity contribution is -0.126. The molecule has 0 aliphatic carbocycles. The van der Waals surface area contributed by atoms with Crippen LogP contribution in [-0.2, 0) is 20.8 Å². The molecule has 2 atom stereocenters. The molecule has 1 amide bonds. The summed E-state index contributed by atoms with van der Waals surface area (Å²) in [6.45, 7) is 2.95. The van der Waals surface area contributed by atoms with Crippen LogP contribution in [0.5, 0.6) is 0 Å². The van der Waals surface area contributed by atoms with Gasteiger partial charge in [0.15, 0.2) is 0 Å². The Morgan fingerprint density at radius 2 is 2.29 bits per heavy atom. The summed E-state index contributed by atoms with van der Waals surface area (Å²) in [5, 5.41) is 2.98. The van der Waals surface area contributed by atoms with Crippen molar-refractivity contribution in [3.05, 3.63) is 34.7 Å². The van der Waals surface area contributed by atoms with Crippen molar-refractivity contribution < 1.29 is 14.3 Å². The molecule has 1 aromatic heterocycles. The first-order valence-corrected chi connectivity index (χ1v) is 8.35. The van der Waals surface area contributed by atoms with Crippen LogP contribution >= 0.6 is 0 Å². The highest BCUT2D eigenvalue weighted by Crippen LogP contribution is 2.12. The first-order chi connectivity index (χ1) is 11.6. The highest BCUT2D eigenvalue weighted by molar-refractivity contribution is 5.76. The lowest BCUT2D eigenvalue weighted by Gasteiger charge is -2.32. The minimum absolute atomic E-state index is 0.0258. The fourth-order valence-corrected chi connectivity index (χ4v) is 2.59. The molecule has 7 heteroatoms. The average Bonchev–Trinajstić information content (AvgIpc) is 2.55. The van der Waals surface area contributed by atoms with Crippen LogP contribution < -0.4 is 10.9 Å². The standard InChI is InChI=1S/C17H27N3O4/c1-19(2)10-12-24-15-7-11-23-13-14(15)18-16(21)6-9-20-8-4-3-5-17(20)22/h3-5,8,14-15H,6-7,9-13H2,1-2H3,(H,18,21)/t14-,15+/m1/s1. The van der Waals surface area contributed by atoms with Gasteiger partial charge in [-0.3, -0.25) is 9.59 Å². The van der Waals surface area contributed by atoms with Gasteiger partial charge < -0.3 is 24.3 Å². The Morgan fingerprint density at radius 1 is 1.46 bits per heavy atom. The number of ether oxygens (including phenoxy) is 2. The Morgan fingerprint density at radius 3 is 3.04 bits per heavy atom. The SMILES string of the molecule is CN(C)CCO[C@H]1CCOC[C@H]1NC(=O)CCn1ccccc1=O. The second-order valence-electron chi connectivity index (χ2n) is 6.23. The van der Waals surface area contributed by atoms with E-state index in [-0.39, 0.29) is 30.0 Å². The molecule has 7 nitrogen and oxygen atoms in total. The van der Waals surface area contributed by atoms with Crippen LogP contribution in [0.1, 0.15) is 12.8 Å². The fourth-order valence-electron chi connectivity index (χ4n) is 2.59. The summed E-state index contributed by atoms with van der Waals surface area (Å²) in [6, 6.07) is 4.82. The van der Waals surface area contributed by atoms with Crippen molar-refractivity contribution in [2.75, 3.05) is 40.5 Å². The van der Waals surface area contributed by atoms with Crippen LogP contribution in [0.3, 0.4) is 0 Å². The molecule has 0 radical (unpaired) electrons. The number of carbonyl (C=O) groups excluding carboxylic acids is 1. The summed E-state index contributed by atoms with van der Waals surface area (Å²) in [4.78, 5) is 25.9. The molecule has 1 aliphatic heterocycles. The minimum Gasteiger partial charge on any atom is -0.379 e. The third-order valence-corrected chi connectivity index (χ3v) is 3.99. The number of hydrogen-bond donors (Lipinski definition) is 1. The fraction of sp³-hybridized carbons (Fsp3) is 0.647. The molecule has 1 N–H and O–H groups in total. The quantitative estimate of drug-likeness (QED) is 0.728. The van der Waals surface area contributed by atoms with Gasteiger partial charge in [-0.2, -0.15) is 0 Å². The van der Waals surface area contributed by atoms with Gasteiger partial charge in [0.25, 0.3) is 5.56 Å². The maximum Gasteiger partial charge on any atom is 0.250 e. The van der Waals surface area contributed by atoms with Gasteiger partial charge in [-0.05, 0) is 26.6 Å². The minimum atomic E-state index is -0.138. The van der Waals surface area contributed by atoms with Crippen LogP contribution in [0.2, 0.25) is 0 Å². The number of hydrogen-bond acceptors (Lipinski definition) is 5. The average molecular weight is 337 g/mol. The summed E-state index contributed by atoms with van der Waals surface area (Å²) in [6.07, 6.45) is 2.69. The van der Waals surface area contributed by atoms with Gasteiger partial charge in [0.05, 0.1) is 25.4 Å². The molecule has 2 rings (SSSR count). The number of aromatic nitrogens is 1. The van der Waals surface area contributed by atoms with Gasteiger partial charge >= 0.3 is 0 Å². The van der Waals surface area contributed by atoms with Gasteiger partial charge in [0.2, 0.25) is 5.91 Å². The molecular formula is C17H27N3O4. The summed E-state index contributed by atoms with van der Waals surface area (Å²) in [5.74, 6) is -0.0949. The van der Waals surface area contributed by atoms with E-state index in [4.69, 9.17) is 9.47 Å². The van der Waals surface area contributed by atoms with Gasteiger partial charge in [0.1, 0.15) is 0 Å². The van der Waals surface area contributed by atoms with E-state index >= 15 is 0 Å². The number of amides is 1. The van der Waals surface area contributed by atoms with E-state index in [1.807, 2.05) is 14.1 Å². The smallest absolute Gasteiger partial charge is 0.250 e. The highest BCUT2D eigenvalue weighted by Gasteiger charge is 2.27. The summed E-state index contributed by atoms with van der Waals surface area (Å²) < 4.78 is 12.9. The molecule has 2 heterocycles. The summed E-state index contributed by atoms with van der Waals surface area (Å²) in [5.41, 5.74) is -0.101. The molecule has 1 aromatic rings. The second kappa shape index (κ2) is 9.56. The number of likely N-dealkylation sites (N-methyl/N-ethyl adjacent to an activating group) is 1. The first-order valence-electron chi connectivity index (χ1n) is 8.35. The lowest BCUT2D eigenvalue weighted by Crippen LogP contribution is -2.51. The molecule has 0 unspecified atom stereocenters. The van der Waals surface area contributed by atoms with E-state index < -0.39 is 0 Å². The molecule has 24 heavy (non-hydrogen) atoms. The van der Waals surface area contributed by atoms with Crippen molar-refractivity contribution in [3.63, 3.8) is 0 Å². The lowest BCUT2D eigenvalue weighted by atomic mass is 10.1. The number of pyridine rings is 1. The topological polar surface area (TPSA) is 72.8 Å². The monoisotopic (exact) mass is 337 g/mol. The number of nitrogens with zero attached hydrogens (tertiary/aromatic N) is 2. The number of rotatable bonds is 8. The molecule has 1 fully saturated rings. The van der Waals surface area contributed by atoms with Crippen LogP contribution in [0.4, 0.5) is 0 Å². The van der Waals surface area contributed by atoms with Crippen molar-refractivity contribution in [1.29, 1.82) is 0 Å². The van der Waals surface area contributed by atoms with Crippen LogP contribution in [0.25, 0.3) is 0 Å². The molecule has 0 saturated carbocycles. The van der Waals surface area contributed by atoms with Gasteiger partial charge in [-0.1, -0.05) is 6.07 Å². The summed E-state index contributed by atoms with van der Waals surface area (Å²) in [7, 11) is 4.00. The number of carbonyl (C=O) groups is 1. The van der Waals surface area contributed by atoms with E-state index in [0.717, 1.165) is 13.0 Å². The normalized spacial score (nSPS) is 21.0. The Bertz CT molecular complexity index is 573. The molecule has 134 valence electrons. The maximum atomic E-state index is 12.2. The predicted molar refractivity (Wildman–Crippen MR) is 91.0 cm³/mol. The first kappa shape index (κ1) is 18.6. The third kappa shape index (κ3) is 6.07. The van der Waals surface area contributed by atoms with Crippen LogP contribution in [0, 0.1) is 0 Å². The zero-order valence-corrected chi connectivity index (χ0v) is 14.4. The Labute approximate surface area is 142 Å². The molecule has 0 spiro atoms. The largest absolute Gasteiger partial charge is 0.379 e. The van der Waals surface area contributed by atoms with Crippen LogP contribution in [0.15, 0.2) is 29.2 Å².